The van der Waals surface area contributed by atoms with Gasteiger partial charge in [0.05, 0.1) is 16.7 Å². The second kappa shape index (κ2) is 4.50. The fourth-order valence-electron chi connectivity index (χ4n) is 1.29. The summed E-state index contributed by atoms with van der Waals surface area (Å²) in [5.41, 5.74) is 3.83. The summed E-state index contributed by atoms with van der Waals surface area (Å²) < 4.78 is 0. The van der Waals surface area contributed by atoms with Crippen molar-refractivity contribution in [1.29, 1.82) is 0 Å². The predicted octanol–water partition coefficient (Wildman–Crippen LogP) is 1.84. The topological polar surface area (TPSA) is 50.9 Å². The minimum atomic E-state index is 0.156. The van der Waals surface area contributed by atoms with E-state index in [0.29, 0.717) is 0 Å². The maximum Gasteiger partial charge on any atom is 0.0900 e. The third-order valence-electron chi connectivity index (χ3n) is 1.86. The largest absolute Gasteiger partial charge is 0.271 e. The van der Waals surface area contributed by atoms with Gasteiger partial charge in [0.25, 0.3) is 0 Å². The van der Waals surface area contributed by atoms with Crippen LogP contribution in [0.2, 0.25) is 0 Å². The van der Waals surface area contributed by atoms with E-state index < -0.39 is 0 Å². The Balaban J connectivity index is 2.89. The fourth-order valence-corrected chi connectivity index (χ4v) is 2.29. The molecule has 3 N–H and O–H groups in total. The van der Waals surface area contributed by atoms with Gasteiger partial charge in [-0.15, -0.1) is 17.9 Å². The van der Waals surface area contributed by atoms with Gasteiger partial charge in [-0.2, -0.15) is 0 Å². The van der Waals surface area contributed by atoms with Crippen LogP contribution in [-0.4, -0.2) is 4.98 Å². The number of hydrogen-bond acceptors (Lipinski definition) is 4. The van der Waals surface area contributed by atoms with Crippen molar-refractivity contribution in [1.82, 2.24) is 10.4 Å². The highest BCUT2D eigenvalue weighted by Crippen LogP contribution is 2.26. The molecular weight excluding hydrogens is 182 g/mol. The minimum absolute atomic E-state index is 0.156. The SMILES string of the molecule is C=CCC(NN)c1sc(C)nc1C. The van der Waals surface area contributed by atoms with Crippen molar-refractivity contribution in [2.24, 2.45) is 5.84 Å². The van der Waals surface area contributed by atoms with Crippen molar-refractivity contribution < 1.29 is 0 Å². The quantitative estimate of drug-likeness (QED) is 0.440. The normalized spacial score (nSPS) is 12.8. The molecule has 72 valence electrons. The molecule has 1 aromatic rings. The summed E-state index contributed by atoms with van der Waals surface area (Å²) in [6, 6.07) is 0.156. The summed E-state index contributed by atoms with van der Waals surface area (Å²) in [5, 5.41) is 1.08. The second-order valence-electron chi connectivity index (χ2n) is 2.93. The van der Waals surface area contributed by atoms with Crippen molar-refractivity contribution in [3.05, 3.63) is 28.2 Å². The fraction of sp³-hybridized carbons (Fsp3) is 0.444. The third kappa shape index (κ3) is 2.37. The number of hydrogen-bond donors (Lipinski definition) is 2. The Morgan fingerprint density at radius 3 is 2.77 bits per heavy atom. The lowest BCUT2D eigenvalue weighted by Crippen LogP contribution is -2.27. The zero-order valence-electron chi connectivity index (χ0n) is 8.00. The maximum atomic E-state index is 5.45. The molecular formula is C9H15N3S. The maximum absolute atomic E-state index is 5.45. The van der Waals surface area contributed by atoms with E-state index in [1.165, 1.54) is 4.88 Å². The van der Waals surface area contributed by atoms with Crippen molar-refractivity contribution in [3.63, 3.8) is 0 Å². The highest BCUT2D eigenvalue weighted by molar-refractivity contribution is 7.11. The Labute approximate surface area is 82.7 Å². The lowest BCUT2D eigenvalue weighted by atomic mass is 10.1. The Morgan fingerprint density at radius 2 is 2.38 bits per heavy atom. The van der Waals surface area contributed by atoms with Gasteiger partial charge < -0.3 is 0 Å². The van der Waals surface area contributed by atoms with Crippen LogP contribution in [0.15, 0.2) is 12.7 Å². The molecule has 0 aliphatic carbocycles. The predicted molar refractivity (Wildman–Crippen MR) is 56.5 cm³/mol. The Morgan fingerprint density at radius 1 is 1.69 bits per heavy atom. The number of nitrogens with two attached hydrogens (primary N) is 1. The van der Waals surface area contributed by atoms with Crippen LogP contribution in [0.25, 0.3) is 0 Å². The summed E-state index contributed by atoms with van der Waals surface area (Å²) in [6.07, 6.45) is 2.69. The minimum Gasteiger partial charge on any atom is -0.271 e. The first-order valence-corrected chi connectivity index (χ1v) is 5.01. The molecule has 0 saturated carbocycles. The molecule has 0 aliphatic rings. The monoisotopic (exact) mass is 197 g/mol. The van der Waals surface area contributed by atoms with Crippen LogP contribution >= 0.6 is 11.3 Å². The molecule has 13 heavy (non-hydrogen) atoms. The third-order valence-corrected chi connectivity index (χ3v) is 3.05. The van der Waals surface area contributed by atoms with Crippen LogP contribution in [0.5, 0.6) is 0 Å². The first-order chi connectivity index (χ1) is 6.19. The van der Waals surface area contributed by atoms with Gasteiger partial charge in [0.2, 0.25) is 0 Å². The van der Waals surface area contributed by atoms with E-state index >= 15 is 0 Å². The Hall–Kier alpha value is -0.710. The highest BCUT2D eigenvalue weighted by atomic mass is 32.1. The molecule has 0 radical (unpaired) electrons. The summed E-state index contributed by atoms with van der Waals surface area (Å²) in [4.78, 5) is 5.56. The van der Waals surface area contributed by atoms with E-state index in [-0.39, 0.29) is 6.04 Å². The van der Waals surface area contributed by atoms with Gasteiger partial charge >= 0.3 is 0 Å². The molecule has 0 aliphatic heterocycles. The van der Waals surface area contributed by atoms with Gasteiger partial charge in [0.1, 0.15) is 0 Å². The smallest absolute Gasteiger partial charge is 0.0900 e. The molecule has 0 amide bonds. The van der Waals surface area contributed by atoms with Crippen LogP contribution in [0.3, 0.4) is 0 Å². The lowest BCUT2D eigenvalue weighted by molar-refractivity contribution is 0.567. The summed E-state index contributed by atoms with van der Waals surface area (Å²) in [6.45, 7) is 7.71. The Kier molecular flexibility index (Phi) is 3.59. The molecule has 0 fully saturated rings. The van der Waals surface area contributed by atoms with Gasteiger partial charge in [-0.05, 0) is 20.3 Å². The van der Waals surface area contributed by atoms with Crippen LogP contribution < -0.4 is 11.3 Å². The summed E-state index contributed by atoms with van der Waals surface area (Å²) in [7, 11) is 0. The average molecular weight is 197 g/mol. The lowest BCUT2D eigenvalue weighted by Gasteiger charge is -2.11. The van der Waals surface area contributed by atoms with Crippen LogP contribution in [0.1, 0.15) is 28.0 Å². The number of thiazole rings is 1. The number of aromatic nitrogens is 1. The van der Waals surface area contributed by atoms with Crippen molar-refractivity contribution in [2.45, 2.75) is 26.3 Å². The van der Waals surface area contributed by atoms with E-state index in [1.807, 2.05) is 19.9 Å². The van der Waals surface area contributed by atoms with Gasteiger partial charge in [-0.25, -0.2) is 4.98 Å². The van der Waals surface area contributed by atoms with E-state index in [2.05, 4.69) is 17.0 Å². The number of rotatable bonds is 4. The number of nitrogens with one attached hydrogen (secondary N) is 1. The Bertz CT molecular complexity index is 293. The molecule has 0 aromatic carbocycles. The molecule has 0 spiro atoms. The zero-order chi connectivity index (χ0) is 9.84. The molecule has 0 saturated heterocycles. The van der Waals surface area contributed by atoms with E-state index in [9.17, 15) is 0 Å². The molecule has 1 aromatic heterocycles. The molecule has 1 rings (SSSR count). The van der Waals surface area contributed by atoms with Gasteiger partial charge in [0.15, 0.2) is 0 Å². The first-order valence-electron chi connectivity index (χ1n) is 4.20. The molecule has 1 atom stereocenters. The van der Waals surface area contributed by atoms with E-state index in [4.69, 9.17) is 5.84 Å². The van der Waals surface area contributed by atoms with Crippen molar-refractivity contribution >= 4 is 11.3 Å². The molecule has 3 nitrogen and oxygen atoms in total. The van der Waals surface area contributed by atoms with Crippen LogP contribution in [0.4, 0.5) is 0 Å². The first kappa shape index (κ1) is 10.4. The standard InChI is InChI=1S/C9H15N3S/c1-4-5-8(12-10)9-6(2)11-7(3)13-9/h4,8,12H,1,5,10H2,2-3H3. The number of aryl methyl sites for hydroxylation is 2. The summed E-state index contributed by atoms with van der Waals surface area (Å²) in [5.74, 6) is 5.45. The van der Waals surface area contributed by atoms with E-state index in [1.54, 1.807) is 11.3 Å². The number of hydrazine groups is 1. The molecule has 1 heterocycles. The molecule has 4 heteroatoms. The second-order valence-corrected chi connectivity index (χ2v) is 4.16. The average Bonchev–Trinajstić information content (AvgIpc) is 2.41. The molecule has 0 bridgehead atoms. The zero-order valence-corrected chi connectivity index (χ0v) is 8.82. The summed E-state index contributed by atoms with van der Waals surface area (Å²) >= 11 is 1.69. The van der Waals surface area contributed by atoms with Crippen LogP contribution in [-0.2, 0) is 0 Å². The van der Waals surface area contributed by atoms with Crippen molar-refractivity contribution in [2.75, 3.05) is 0 Å². The van der Waals surface area contributed by atoms with Gasteiger partial charge in [-0.1, -0.05) is 6.08 Å². The van der Waals surface area contributed by atoms with Crippen LogP contribution in [0, 0.1) is 13.8 Å². The highest BCUT2D eigenvalue weighted by Gasteiger charge is 2.14. The van der Waals surface area contributed by atoms with Crippen molar-refractivity contribution in [3.8, 4) is 0 Å². The van der Waals surface area contributed by atoms with E-state index in [0.717, 1.165) is 17.1 Å². The number of nitrogens with zero attached hydrogens (tertiary/aromatic N) is 1. The van der Waals surface area contributed by atoms with Gasteiger partial charge in [0, 0.05) is 4.88 Å². The van der Waals surface area contributed by atoms with Gasteiger partial charge in [-0.3, -0.25) is 11.3 Å². The molecule has 1 unspecified atom stereocenters.